The third kappa shape index (κ3) is 2.94. The van der Waals surface area contributed by atoms with Gasteiger partial charge in [0.1, 0.15) is 5.70 Å². The van der Waals surface area contributed by atoms with Crippen molar-refractivity contribution in [3.05, 3.63) is 23.9 Å². The molecular formula is C16H20N2O6. The van der Waals surface area contributed by atoms with E-state index in [9.17, 15) is 10.0 Å². The molecule has 24 heavy (non-hydrogen) atoms. The zero-order valence-corrected chi connectivity index (χ0v) is 14.0. The number of hydrogen-bond acceptors (Lipinski definition) is 7. The molecule has 0 saturated heterocycles. The number of amidine groups is 1. The summed E-state index contributed by atoms with van der Waals surface area (Å²) in [5, 5.41) is 12.5. The van der Waals surface area contributed by atoms with Crippen LogP contribution in [-0.4, -0.2) is 44.9 Å². The van der Waals surface area contributed by atoms with E-state index in [0.717, 1.165) is 0 Å². The van der Waals surface area contributed by atoms with E-state index >= 15 is 0 Å². The Bertz CT molecular complexity index is 683. The minimum absolute atomic E-state index is 0.235. The number of hydrogen-bond donors (Lipinski definition) is 1. The molecule has 0 aromatic heterocycles. The largest absolute Gasteiger partial charge is 0.493 e. The lowest BCUT2D eigenvalue weighted by Crippen LogP contribution is -2.30. The Morgan fingerprint density at radius 3 is 2.46 bits per heavy atom. The predicted molar refractivity (Wildman–Crippen MR) is 87.1 cm³/mol. The van der Waals surface area contributed by atoms with Crippen molar-refractivity contribution in [2.75, 3.05) is 32.8 Å². The highest BCUT2D eigenvalue weighted by Gasteiger charge is 2.33. The van der Waals surface area contributed by atoms with Gasteiger partial charge in [0.15, 0.2) is 17.3 Å². The highest BCUT2D eigenvalue weighted by Crippen LogP contribution is 2.46. The molecule has 0 unspecified atom stereocenters. The molecule has 8 heteroatoms. The van der Waals surface area contributed by atoms with E-state index in [4.69, 9.17) is 18.9 Å². The number of nitrogens with zero attached hydrogens (tertiary/aromatic N) is 2. The standard InChI is InChI=1S/C16H20N2O6/c1-5-24-16(19)11-7-9-13(17-20)18(11)10-6-8-12(21-2)15(23-4)14(10)22-3/h6-8,20H,5,9H2,1-4H3. The van der Waals surface area contributed by atoms with Gasteiger partial charge in [-0.1, -0.05) is 5.16 Å². The van der Waals surface area contributed by atoms with E-state index in [1.807, 2.05) is 0 Å². The molecule has 0 spiro atoms. The molecule has 0 fully saturated rings. The quantitative estimate of drug-likeness (QED) is 0.483. The SMILES string of the molecule is CCOC(=O)C1=CCC(=NO)N1c1ccc(OC)c(OC)c1OC. The fourth-order valence-corrected chi connectivity index (χ4v) is 2.51. The average molecular weight is 336 g/mol. The summed E-state index contributed by atoms with van der Waals surface area (Å²) in [6.45, 7) is 1.95. The van der Waals surface area contributed by atoms with E-state index in [0.29, 0.717) is 22.9 Å². The van der Waals surface area contributed by atoms with Crippen molar-refractivity contribution >= 4 is 17.5 Å². The molecule has 8 nitrogen and oxygen atoms in total. The van der Waals surface area contributed by atoms with Gasteiger partial charge in [-0.05, 0) is 25.1 Å². The number of ether oxygens (including phenoxy) is 4. The Kier molecular flexibility index (Phi) is 5.51. The minimum atomic E-state index is -0.520. The average Bonchev–Trinajstić information content (AvgIpc) is 3.04. The summed E-state index contributed by atoms with van der Waals surface area (Å²) in [6, 6.07) is 3.36. The van der Waals surface area contributed by atoms with Gasteiger partial charge in [-0.2, -0.15) is 0 Å². The molecule has 1 aliphatic heterocycles. The van der Waals surface area contributed by atoms with E-state index in [1.165, 1.54) is 26.2 Å². The maximum atomic E-state index is 12.2. The van der Waals surface area contributed by atoms with Crippen LogP contribution in [0.2, 0.25) is 0 Å². The van der Waals surface area contributed by atoms with Gasteiger partial charge >= 0.3 is 5.97 Å². The summed E-state index contributed by atoms with van der Waals surface area (Å²) in [7, 11) is 4.47. The number of esters is 1. The van der Waals surface area contributed by atoms with Crippen molar-refractivity contribution in [3.8, 4) is 17.2 Å². The Labute approximate surface area is 139 Å². The van der Waals surface area contributed by atoms with Crippen LogP contribution >= 0.6 is 0 Å². The van der Waals surface area contributed by atoms with Crippen molar-refractivity contribution in [2.24, 2.45) is 5.16 Å². The number of rotatable bonds is 6. The van der Waals surface area contributed by atoms with Gasteiger partial charge in [-0.25, -0.2) is 4.79 Å². The monoisotopic (exact) mass is 336 g/mol. The van der Waals surface area contributed by atoms with Crippen molar-refractivity contribution < 1.29 is 28.9 Å². The minimum Gasteiger partial charge on any atom is -0.493 e. The number of carbonyl (C=O) groups excluding carboxylic acids is 1. The Hall–Kier alpha value is -2.90. The molecule has 1 heterocycles. The second-order valence-corrected chi connectivity index (χ2v) is 4.72. The van der Waals surface area contributed by atoms with Crippen LogP contribution in [0.3, 0.4) is 0 Å². The molecule has 0 saturated carbocycles. The fraction of sp³-hybridized carbons (Fsp3) is 0.375. The van der Waals surface area contributed by atoms with Crippen LogP contribution in [0.25, 0.3) is 0 Å². The van der Waals surface area contributed by atoms with E-state index in [2.05, 4.69) is 5.16 Å². The first-order valence-electron chi connectivity index (χ1n) is 7.30. The Balaban J connectivity index is 2.58. The molecule has 1 aromatic carbocycles. The summed E-state index contributed by atoms with van der Waals surface area (Å²) in [5.41, 5.74) is 0.718. The highest BCUT2D eigenvalue weighted by molar-refractivity contribution is 6.13. The summed E-state index contributed by atoms with van der Waals surface area (Å²) in [4.78, 5) is 13.7. The van der Waals surface area contributed by atoms with Crippen LogP contribution in [0.4, 0.5) is 5.69 Å². The first-order valence-corrected chi connectivity index (χ1v) is 7.30. The highest BCUT2D eigenvalue weighted by atomic mass is 16.5. The molecule has 0 bridgehead atoms. The van der Waals surface area contributed by atoms with Crippen LogP contribution in [0.15, 0.2) is 29.1 Å². The van der Waals surface area contributed by atoms with Gasteiger partial charge in [0.05, 0.1) is 33.6 Å². The summed E-state index contributed by atoms with van der Waals surface area (Å²) in [6.07, 6.45) is 1.91. The van der Waals surface area contributed by atoms with Crippen molar-refractivity contribution in [3.63, 3.8) is 0 Å². The first kappa shape index (κ1) is 17.5. The Morgan fingerprint density at radius 1 is 1.21 bits per heavy atom. The molecule has 1 aliphatic rings. The maximum absolute atomic E-state index is 12.2. The lowest BCUT2D eigenvalue weighted by molar-refractivity contribution is -0.138. The maximum Gasteiger partial charge on any atom is 0.355 e. The summed E-state index contributed by atoms with van der Waals surface area (Å²) in [5.74, 6) is 0.929. The summed E-state index contributed by atoms with van der Waals surface area (Å²) < 4.78 is 21.1. The van der Waals surface area contributed by atoms with E-state index in [-0.39, 0.29) is 24.6 Å². The fourth-order valence-electron chi connectivity index (χ4n) is 2.51. The third-order valence-electron chi connectivity index (χ3n) is 3.50. The normalized spacial score (nSPS) is 15.2. The summed E-state index contributed by atoms with van der Waals surface area (Å²) >= 11 is 0. The second kappa shape index (κ2) is 7.58. The zero-order chi connectivity index (χ0) is 17.7. The van der Waals surface area contributed by atoms with Crippen LogP contribution in [-0.2, 0) is 9.53 Å². The van der Waals surface area contributed by atoms with Gasteiger partial charge in [-0.15, -0.1) is 0 Å². The van der Waals surface area contributed by atoms with Gasteiger partial charge in [-0.3, -0.25) is 4.90 Å². The lowest BCUT2D eigenvalue weighted by Gasteiger charge is -2.25. The number of carbonyl (C=O) groups is 1. The van der Waals surface area contributed by atoms with E-state index in [1.54, 1.807) is 25.1 Å². The molecular weight excluding hydrogens is 316 g/mol. The van der Waals surface area contributed by atoms with Crippen LogP contribution in [0.5, 0.6) is 17.2 Å². The number of methoxy groups -OCH3 is 3. The van der Waals surface area contributed by atoms with Gasteiger partial charge in [0, 0.05) is 6.42 Å². The molecule has 1 N–H and O–H groups in total. The second-order valence-electron chi connectivity index (χ2n) is 4.72. The van der Waals surface area contributed by atoms with Crippen LogP contribution < -0.4 is 19.1 Å². The molecule has 2 rings (SSSR count). The van der Waals surface area contributed by atoms with Crippen LogP contribution in [0, 0.1) is 0 Å². The lowest BCUT2D eigenvalue weighted by atomic mass is 10.2. The van der Waals surface area contributed by atoms with Crippen molar-refractivity contribution in [2.45, 2.75) is 13.3 Å². The topological polar surface area (TPSA) is 89.8 Å². The molecule has 0 amide bonds. The molecule has 0 radical (unpaired) electrons. The predicted octanol–water partition coefficient (Wildman–Crippen LogP) is 2.16. The zero-order valence-electron chi connectivity index (χ0n) is 14.0. The molecule has 130 valence electrons. The molecule has 0 atom stereocenters. The first-order chi connectivity index (χ1) is 11.6. The smallest absolute Gasteiger partial charge is 0.355 e. The number of anilines is 1. The molecule has 0 aliphatic carbocycles. The third-order valence-corrected chi connectivity index (χ3v) is 3.50. The van der Waals surface area contributed by atoms with Crippen molar-refractivity contribution in [1.82, 2.24) is 0 Å². The van der Waals surface area contributed by atoms with Crippen molar-refractivity contribution in [1.29, 1.82) is 0 Å². The van der Waals surface area contributed by atoms with Gasteiger partial charge in [0.25, 0.3) is 0 Å². The van der Waals surface area contributed by atoms with E-state index < -0.39 is 5.97 Å². The van der Waals surface area contributed by atoms with Crippen LogP contribution in [0.1, 0.15) is 13.3 Å². The number of oxime groups is 1. The van der Waals surface area contributed by atoms with Gasteiger partial charge < -0.3 is 24.2 Å². The van der Waals surface area contributed by atoms with Gasteiger partial charge in [0.2, 0.25) is 5.75 Å². The number of benzene rings is 1. The Morgan fingerprint density at radius 2 is 1.92 bits per heavy atom. The molecule has 1 aromatic rings.